The zero-order valence-electron chi connectivity index (χ0n) is 14.3. The van der Waals surface area contributed by atoms with E-state index in [4.69, 9.17) is 14.2 Å². The minimum atomic E-state index is -0.154. The molecular weight excluding hydrogens is 318 g/mol. The highest BCUT2D eigenvalue weighted by Crippen LogP contribution is 2.32. The van der Waals surface area contributed by atoms with Crippen LogP contribution in [0.25, 0.3) is 6.08 Å². The van der Waals surface area contributed by atoms with Gasteiger partial charge in [0.2, 0.25) is 12.7 Å². The molecule has 0 saturated heterocycles. The largest absolute Gasteiger partial charge is 0.494 e. The van der Waals surface area contributed by atoms with Crippen molar-refractivity contribution in [2.75, 3.05) is 13.4 Å². The highest BCUT2D eigenvalue weighted by atomic mass is 16.7. The molecule has 0 saturated carbocycles. The van der Waals surface area contributed by atoms with Crippen molar-refractivity contribution in [2.45, 2.75) is 19.9 Å². The molecule has 0 bridgehead atoms. The molecule has 1 N–H and O–H groups in total. The quantitative estimate of drug-likeness (QED) is 0.815. The van der Waals surface area contributed by atoms with E-state index in [9.17, 15) is 4.79 Å². The Balaban J connectivity index is 1.57. The third-order valence-electron chi connectivity index (χ3n) is 3.87. The van der Waals surface area contributed by atoms with Crippen molar-refractivity contribution < 1.29 is 19.0 Å². The number of fused-ring (bicyclic) bond motifs is 1. The summed E-state index contributed by atoms with van der Waals surface area (Å²) in [6.07, 6.45) is 3.27. The van der Waals surface area contributed by atoms with E-state index >= 15 is 0 Å². The topological polar surface area (TPSA) is 56.8 Å². The van der Waals surface area contributed by atoms with E-state index in [1.165, 1.54) is 6.08 Å². The highest BCUT2D eigenvalue weighted by molar-refractivity contribution is 5.92. The second-order valence-electron chi connectivity index (χ2n) is 5.68. The molecule has 2 aromatic rings. The van der Waals surface area contributed by atoms with Gasteiger partial charge in [0.05, 0.1) is 12.6 Å². The van der Waals surface area contributed by atoms with Crippen LogP contribution >= 0.6 is 0 Å². The maximum absolute atomic E-state index is 12.1. The van der Waals surface area contributed by atoms with Gasteiger partial charge in [-0.15, -0.1) is 0 Å². The van der Waals surface area contributed by atoms with E-state index in [0.29, 0.717) is 12.4 Å². The number of hydrogen-bond donors (Lipinski definition) is 1. The number of carbonyl (C=O) groups is 1. The lowest BCUT2D eigenvalue weighted by Gasteiger charge is -2.13. The molecular formula is C20H21NO4. The van der Waals surface area contributed by atoms with Crippen LogP contribution in [0.3, 0.4) is 0 Å². The van der Waals surface area contributed by atoms with Crippen LogP contribution in [0.1, 0.15) is 31.0 Å². The molecule has 1 aliphatic heterocycles. The third kappa shape index (κ3) is 4.32. The molecule has 1 atom stereocenters. The van der Waals surface area contributed by atoms with Gasteiger partial charge < -0.3 is 19.5 Å². The molecule has 1 amide bonds. The van der Waals surface area contributed by atoms with Gasteiger partial charge in [-0.25, -0.2) is 0 Å². The van der Waals surface area contributed by atoms with Gasteiger partial charge in [-0.05, 0) is 55.3 Å². The Morgan fingerprint density at radius 2 is 1.96 bits per heavy atom. The smallest absolute Gasteiger partial charge is 0.244 e. The number of amides is 1. The van der Waals surface area contributed by atoms with E-state index in [2.05, 4.69) is 5.32 Å². The van der Waals surface area contributed by atoms with E-state index in [0.717, 1.165) is 22.6 Å². The number of rotatable bonds is 6. The van der Waals surface area contributed by atoms with E-state index in [1.54, 1.807) is 6.08 Å². The summed E-state index contributed by atoms with van der Waals surface area (Å²) in [5, 5.41) is 2.95. The van der Waals surface area contributed by atoms with Gasteiger partial charge in [-0.1, -0.05) is 18.2 Å². The van der Waals surface area contributed by atoms with Gasteiger partial charge in [0.15, 0.2) is 11.5 Å². The van der Waals surface area contributed by atoms with Gasteiger partial charge in [0.25, 0.3) is 0 Å². The fraction of sp³-hybridized carbons (Fsp3) is 0.250. The lowest BCUT2D eigenvalue weighted by molar-refractivity contribution is -0.117. The SMILES string of the molecule is CCOc1ccc([C@@H](C)NC(=O)/C=C/c2ccc3c(c2)OCO3)cc1. The molecule has 3 rings (SSSR count). The first-order valence-electron chi connectivity index (χ1n) is 8.26. The van der Waals surface area contributed by atoms with Crippen molar-refractivity contribution in [3.05, 3.63) is 59.7 Å². The molecule has 1 heterocycles. The standard InChI is InChI=1S/C20H21NO4/c1-3-23-17-8-6-16(7-9-17)14(2)21-20(22)11-5-15-4-10-18-19(12-15)25-13-24-18/h4-12,14H,3,13H2,1-2H3,(H,21,22)/b11-5+/t14-/m1/s1. The van der Waals surface area contributed by atoms with Crippen LogP contribution in [-0.4, -0.2) is 19.3 Å². The molecule has 0 aliphatic carbocycles. The second-order valence-corrected chi connectivity index (χ2v) is 5.68. The Morgan fingerprint density at radius 3 is 2.72 bits per heavy atom. The van der Waals surface area contributed by atoms with Crippen LogP contribution in [-0.2, 0) is 4.79 Å². The van der Waals surface area contributed by atoms with Gasteiger partial charge in [0.1, 0.15) is 5.75 Å². The van der Waals surface area contributed by atoms with Crippen LogP contribution in [0.4, 0.5) is 0 Å². The predicted molar refractivity (Wildman–Crippen MR) is 95.8 cm³/mol. The summed E-state index contributed by atoms with van der Waals surface area (Å²) in [4.78, 5) is 12.1. The van der Waals surface area contributed by atoms with Crippen molar-refractivity contribution in [1.82, 2.24) is 5.32 Å². The minimum absolute atomic E-state index is 0.0930. The van der Waals surface area contributed by atoms with Crippen molar-refractivity contribution >= 4 is 12.0 Å². The van der Waals surface area contributed by atoms with Crippen molar-refractivity contribution in [3.63, 3.8) is 0 Å². The van der Waals surface area contributed by atoms with Crippen LogP contribution in [0.15, 0.2) is 48.5 Å². The zero-order chi connectivity index (χ0) is 17.6. The third-order valence-corrected chi connectivity index (χ3v) is 3.87. The maximum Gasteiger partial charge on any atom is 0.244 e. The first kappa shape index (κ1) is 16.9. The number of nitrogens with one attached hydrogen (secondary N) is 1. The molecule has 5 heteroatoms. The summed E-state index contributed by atoms with van der Waals surface area (Å²) in [6.45, 7) is 4.77. The molecule has 25 heavy (non-hydrogen) atoms. The molecule has 0 radical (unpaired) electrons. The molecule has 5 nitrogen and oxygen atoms in total. The number of ether oxygens (including phenoxy) is 3. The summed E-state index contributed by atoms with van der Waals surface area (Å²) in [6, 6.07) is 13.2. The second kappa shape index (κ2) is 7.75. The van der Waals surface area contributed by atoms with Crippen molar-refractivity contribution in [1.29, 1.82) is 0 Å². The van der Waals surface area contributed by atoms with Gasteiger partial charge in [-0.3, -0.25) is 4.79 Å². The summed E-state index contributed by atoms with van der Waals surface area (Å²) >= 11 is 0. The molecule has 1 aliphatic rings. The first-order valence-corrected chi connectivity index (χ1v) is 8.26. The molecule has 130 valence electrons. The van der Waals surface area contributed by atoms with Crippen LogP contribution in [0.2, 0.25) is 0 Å². The molecule has 0 unspecified atom stereocenters. The first-order chi connectivity index (χ1) is 12.2. The average Bonchev–Trinajstić information content (AvgIpc) is 3.08. The van der Waals surface area contributed by atoms with E-state index in [-0.39, 0.29) is 18.7 Å². The van der Waals surface area contributed by atoms with Crippen molar-refractivity contribution in [3.8, 4) is 17.2 Å². The Labute approximate surface area is 147 Å². The highest BCUT2D eigenvalue weighted by Gasteiger charge is 2.12. The normalized spacial score (nSPS) is 13.7. The number of hydrogen-bond acceptors (Lipinski definition) is 4. The fourth-order valence-electron chi connectivity index (χ4n) is 2.55. The maximum atomic E-state index is 12.1. The van der Waals surface area contributed by atoms with Crippen LogP contribution in [0, 0.1) is 0 Å². The molecule has 0 fully saturated rings. The van der Waals surface area contributed by atoms with E-state index in [1.807, 2.05) is 56.3 Å². The summed E-state index contributed by atoms with van der Waals surface area (Å²) < 4.78 is 16.0. The Hall–Kier alpha value is -2.95. The van der Waals surface area contributed by atoms with E-state index < -0.39 is 0 Å². The van der Waals surface area contributed by atoms with Crippen molar-refractivity contribution in [2.24, 2.45) is 0 Å². The molecule has 2 aromatic carbocycles. The average molecular weight is 339 g/mol. The summed E-state index contributed by atoms with van der Waals surface area (Å²) in [5.41, 5.74) is 1.90. The molecule has 0 spiro atoms. The monoisotopic (exact) mass is 339 g/mol. The fourth-order valence-corrected chi connectivity index (χ4v) is 2.55. The Bertz CT molecular complexity index is 768. The summed E-state index contributed by atoms with van der Waals surface area (Å²) in [5.74, 6) is 2.10. The number of carbonyl (C=O) groups excluding carboxylic acids is 1. The number of benzene rings is 2. The lowest BCUT2D eigenvalue weighted by atomic mass is 10.1. The Kier molecular flexibility index (Phi) is 5.23. The minimum Gasteiger partial charge on any atom is -0.494 e. The Morgan fingerprint density at radius 1 is 1.20 bits per heavy atom. The van der Waals surface area contributed by atoms with Gasteiger partial charge >= 0.3 is 0 Å². The van der Waals surface area contributed by atoms with Crippen LogP contribution < -0.4 is 19.5 Å². The van der Waals surface area contributed by atoms with Crippen LogP contribution in [0.5, 0.6) is 17.2 Å². The lowest BCUT2D eigenvalue weighted by Crippen LogP contribution is -2.24. The summed E-state index contributed by atoms with van der Waals surface area (Å²) in [7, 11) is 0. The van der Waals surface area contributed by atoms with Gasteiger partial charge in [0, 0.05) is 6.08 Å². The predicted octanol–water partition coefficient (Wildman–Crippen LogP) is 3.70. The molecule has 0 aromatic heterocycles. The zero-order valence-corrected chi connectivity index (χ0v) is 14.3. The van der Waals surface area contributed by atoms with Gasteiger partial charge in [-0.2, -0.15) is 0 Å².